The van der Waals surface area contributed by atoms with Gasteiger partial charge < -0.3 is 4.74 Å². The van der Waals surface area contributed by atoms with Crippen LogP contribution in [0.4, 0.5) is 13.2 Å². The Balaban J connectivity index is 1.81. The van der Waals surface area contributed by atoms with Crippen LogP contribution in [-0.2, 0) is 14.8 Å². The topological polar surface area (TPSA) is 58.6 Å². The first-order valence-corrected chi connectivity index (χ1v) is 9.72. The summed E-state index contributed by atoms with van der Waals surface area (Å²) in [5, 5.41) is 0. The number of benzene rings is 1. The van der Waals surface area contributed by atoms with Crippen LogP contribution in [0.3, 0.4) is 0 Å². The molecule has 0 aromatic heterocycles. The van der Waals surface area contributed by atoms with Gasteiger partial charge in [-0.1, -0.05) is 0 Å². The molecule has 1 aromatic rings. The molecule has 1 aliphatic heterocycles. The fraction of sp³-hybridized carbons (Fsp3) is 0.571. The Hall–Kier alpha value is -0.810. The molecule has 0 bridgehead atoms. The van der Waals surface area contributed by atoms with E-state index in [2.05, 4.69) is 9.62 Å². The second-order valence-electron chi connectivity index (χ2n) is 5.22. The Kier molecular flexibility index (Phi) is 6.93. The normalized spacial score (nSPS) is 17.1. The van der Waals surface area contributed by atoms with Gasteiger partial charge >= 0.3 is 5.51 Å². The van der Waals surface area contributed by atoms with E-state index in [0.717, 1.165) is 31.8 Å². The summed E-state index contributed by atoms with van der Waals surface area (Å²) >= 11 is -0.274. The molecule has 0 atom stereocenters. The third kappa shape index (κ3) is 6.60. The zero-order chi connectivity index (χ0) is 17.6. The van der Waals surface area contributed by atoms with Crippen molar-refractivity contribution in [1.82, 2.24) is 9.62 Å². The van der Waals surface area contributed by atoms with Crippen molar-refractivity contribution in [1.29, 1.82) is 0 Å². The molecule has 1 heterocycles. The number of sulfonamides is 1. The Labute approximate surface area is 143 Å². The molecule has 1 saturated heterocycles. The first-order valence-electron chi connectivity index (χ1n) is 7.42. The lowest BCUT2D eigenvalue weighted by Crippen LogP contribution is -2.38. The first-order chi connectivity index (χ1) is 11.3. The van der Waals surface area contributed by atoms with Gasteiger partial charge in [-0.25, -0.2) is 13.1 Å². The van der Waals surface area contributed by atoms with Crippen LogP contribution in [0.2, 0.25) is 0 Å². The number of halogens is 3. The van der Waals surface area contributed by atoms with Gasteiger partial charge in [-0.3, -0.25) is 4.90 Å². The zero-order valence-corrected chi connectivity index (χ0v) is 14.5. The van der Waals surface area contributed by atoms with Crippen molar-refractivity contribution in [3.63, 3.8) is 0 Å². The van der Waals surface area contributed by atoms with E-state index in [1.807, 2.05) is 0 Å². The zero-order valence-electron chi connectivity index (χ0n) is 12.9. The molecule has 0 aliphatic carbocycles. The van der Waals surface area contributed by atoms with Gasteiger partial charge in [-0.15, -0.1) is 0 Å². The predicted molar refractivity (Wildman–Crippen MR) is 85.4 cm³/mol. The van der Waals surface area contributed by atoms with E-state index in [4.69, 9.17) is 4.74 Å². The first kappa shape index (κ1) is 19.5. The molecule has 0 amide bonds. The van der Waals surface area contributed by atoms with Crippen LogP contribution in [0, 0.1) is 0 Å². The molecule has 1 aliphatic rings. The Morgan fingerprint density at radius 1 is 1.17 bits per heavy atom. The molecule has 2 rings (SSSR count). The number of ether oxygens (including phenoxy) is 1. The van der Waals surface area contributed by atoms with Gasteiger partial charge in [-0.05, 0) is 49.0 Å². The number of hydrogen-bond donors (Lipinski definition) is 1. The van der Waals surface area contributed by atoms with Crippen molar-refractivity contribution >= 4 is 21.8 Å². The molecule has 0 unspecified atom stereocenters. The second kappa shape index (κ2) is 8.52. The molecule has 24 heavy (non-hydrogen) atoms. The van der Waals surface area contributed by atoms with E-state index in [0.29, 0.717) is 19.6 Å². The summed E-state index contributed by atoms with van der Waals surface area (Å²) in [7, 11) is -3.71. The third-order valence-electron chi connectivity index (χ3n) is 3.41. The molecule has 0 radical (unpaired) electrons. The predicted octanol–water partition coefficient (Wildman–Crippen LogP) is 2.30. The Morgan fingerprint density at radius 2 is 1.79 bits per heavy atom. The Morgan fingerprint density at radius 3 is 2.38 bits per heavy atom. The van der Waals surface area contributed by atoms with Crippen molar-refractivity contribution in [2.24, 2.45) is 0 Å². The number of rotatable bonds is 7. The van der Waals surface area contributed by atoms with Crippen LogP contribution in [0.5, 0.6) is 0 Å². The van der Waals surface area contributed by atoms with Crippen molar-refractivity contribution in [2.75, 3.05) is 39.4 Å². The van der Waals surface area contributed by atoms with Gasteiger partial charge in [0.15, 0.2) is 0 Å². The van der Waals surface area contributed by atoms with Crippen molar-refractivity contribution in [3.05, 3.63) is 24.3 Å². The SMILES string of the molecule is O=S(=O)(NCCCN1CCOCC1)c1ccc(SC(F)(F)F)cc1. The van der Waals surface area contributed by atoms with Crippen molar-refractivity contribution in [3.8, 4) is 0 Å². The number of nitrogens with zero attached hydrogens (tertiary/aromatic N) is 1. The fourth-order valence-corrected chi connectivity index (χ4v) is 3.85. The van der Waals surface area contributed by atoms with Gasteiger partial charge in [0.05, 0.1) is 18.1 Å². The van der Waals surface area contributed by atoms with Gasteiger partial charge in [0.1, 0.15) is 0 Å². The Bertz CT molecular complexity index is 615. The summed E-state index contributed by atoms with van der Waals surface area (Å²) in [6.45, 7) is 4.10. The fourth-order valence-electron chi connectivity index (χ4n) is 2.24. The molecule has 0 spiro atoms. The number of alkyl halides is 3. The van der Waals surface area contributed by atoms with E-state index >= 15 is 0 Å². The van der Waals surface area contributed by atoms with Gasteiger partial charge in [0, 0.05) is 24.5 Å². The molecule has 10 heteroatoms. The maximum absolute atomic E-state index is 12.3. The number of nitrogens with one attached hydrogen (secondary N) is 1. The third-order valence-corrected chi connectivity index (χ3v) is 5.63. The summed E-state index contributed by atoms with van der Waals surface area (Å²) in [5.74, 6) is 0. The summed E-state index contributed by atoms with van der Waals surface area (Å²) in [6.07, 6.45) is 0.654. The lowest BCUT2D eigenvalue weighted by atomic mass is 10.3. The standard InChI is InChI=1S/C14H19F3N2O3S2/c15-14(16,17)23-12-2-4-13(5-3-12)24(20,21)18-6-1-7-19-8-10-22-11-9-19/h2-5,18H,1,6-11H2. The lowest BCUT2D eigenvalue weighted by Gasteiger charge is -2.26. The highest BCUT2D eigenvalue weighted by Gasteiger charge is 2.29. The van der Waals surface area contributed by atoms with Crippen molar-refractivity contribution < 1.29 is 26.3 Å². The molecule has 1 N–H and O–H groups in total. The largest absolute Gasteiger partial charge is 0.446 e. The average Bonchev–Trinajstić information content (AvgIpc) is 2.52. The molecule has 1 aromatic carbocycles. The summed E-state index contributed by atoms with van der Waals surface area (Å²) in [4.78, 5) is 2.11. The molecule has 136 valence electrons. The minimum Gasteiger partial charge on any atom is -0.379 e. The molecule has 5 nitrogen and oxygen atoms in total. The summed E-state index contributed by atoms with van der Waals surface area (Å²) in [6, 6.07) is 4.66. The minimum atomic E-state index is -4.39. The van der Waals surface area contributed by atoms with E-state index < -0.39 is 15.5 Å². The molecular formula is C14H19F3N2O3S2. The second-order valence-corrected chi connectivity index (χ2v) is 8.13. The van der Waals surface area contributed by atoms with Gasteiger partial charge in [0.2, 0.25) is 10.0 Å². The van der Waals surface area contributed by atoms with Crippen LogP contribution >= 0.6 is 11.8 Å². The highest BCUT2D eigenvalue weighted by atomic mass is 32.2. The summed E-state index contributed by atoms with van der Waals surface area (Å²) < 4.78 is 68.7. The number of thioether (sulfide) groups is 1. The quantitative estimate of drug-likeness (QED) is 0.578. The number of morpholine rings is 1. The van der Waals surface area contributed by atoms with Crippen LogP contribution in [-0.4, -0.2) is 58.2 Å². The highest BCUT2D eigenvalue weighted by Crippen LogP contribution is 2.36. The number of hydrogen-bond acceptors (Lipinski definition) is 5. The van der Waals surface area contributed by atoms with Crippen LogP contribution in [0.15, 0.2) is 34.1 Å². The molecule has 1 fully saturated rings. The van der Waals surface area contributed by atoms with E-state index in [-0.39, 0.29) is 28.1 Å². The van der Waals surface area contributed by atoms with Crippen LogP contribution in [0.25, 0.3) is 0 Å². The van der Waals surface area contributed by atoms with Crippen LogP contribution < -0.4 is 4.72 Å². The van der Waals surface area contributed by atoms with Crippen molar-refractivity contribution in [2.45, 2.75) is 21.7 Å². The van der Waals surface area contributed by atoms with Gasteiger partial charge in [0.25, 0.3) is 0 Å². The maximum Gasteiger partial charge on any atom is 0.446 e. The molecule has 0 saturated carbocycles. The summed E-state index contributed by atoms with van der Waals surface area (Å²) in [5.41, 5.74) is -4.39. The van der Waals surface area contributed by atoms with Gasteiger partial charge in [-0.2, -0.15) is 13.2 Å². The van der Waals surface area contributed by atoms with E-state index in [1.54, 1.807) is 0 Å². The minimum absolute atomic E-state index is 0.0413. The monoisotopic (exact) mass is 384 g/mol. The van der Waals surface area contributed by atoms with E-state index in [9.17, 15) is 21.6 Å². The lowest BCUT2D eigenvalue weighted by molar-refractivity contribution is -0.0328. The van der Waals surface area contributed by atoms with E-state index in [1.165, 1.54) is 12.1 Å². The highest BCUT2D eigenvalue weighted by molar-refractivity contribution is 8.00. The van der Waals surface area contributed by atoms with Crippen LogP contribution in [0.1, 0.15) is 6.42 Å². The smallest absolute Gasteiger partial charge is 0.379 e. The average molecular weight is 384 g/mol. The molecular weight excluding hydrogens is 365 g/mol. The maximum atomic E-state index is 12.3.